The first-order chi connectivity index (χ1) is 10.5. The number of hydrogen-bond donors (Lipinski definition) is 1. The molecule has 0 saturated heterocycles. The van der Waals surface area contributed by atoms with Crippen molar-refractivity contribution >= 4 is 10.9 Å². The summed E-state index contributed by atoms with van der Waals surface area (Å²) in [5.41, 5.74) is 0.385. The van der Waals surface area contributed by atoms with Crippen LogP contribution in [0, 0.1) is 11.6 Å². The minimum Gasteiger partial charge on any atom is -0.387 e. The van der Waals surface area contributed by atoms with Gasteiger partial charge in [0.2, 0.25) is 0 Å². The zero-order valence-corrected chi connectivity index (χ0v) is 11.4. The number of aliphatic hydroxyl groups is 1. The van der Waals surface area contributed by atoms with E-state index in [1.165, 1.54) is 53.4 Å². The minimum atomic E-state index is -0.974. The molecule has 2 aromatic carbocycles. The number of halogens is 2. The molecule has 1 N–H and O–H groups in total. The molecule has 1 aromatic heterocycles. The van der Waals surface area contributed by atoms with Gasteiger partial charge in [0.25, 0.3) is 5.56 Å². The molecular weight excluding hydrogens is 290 g/mol. The van der Waals surface area contributed by atoms with E-state index in [0.29, 0.717) is 5.56 Å². The lowest BCUT2D eigenvalue weighted by Gasteiger charge is -2.13. The first-order valence-electron chi connectivity index (χ1n) is 6.63. The molecule has 6 heteroatoms. The van der Waals surface area contributed by atoms with Gasteiger partial charge in [0.15, 0.2) is 0 Å². The Morgan fingerprint density at radius 3 is 2.50 bits per heavy atom. The van der Waals surface area contributed by atoms with Crippen molar-refractivity contribution in [1.82, 2.24) is 9.55 Å². The summed E-state index contributed by atoms with van der Waals surface area (Å²) < 4.78 is 27.2. The molecule has 0 aliphatic heterocycles. The predicted molar refractivity (Wildman–Crippen MR) is 77.3 cm³/mol. The third kappa shape index (κ3) is 2.73. The highest BCUT2D eigenvalue weighted by Crippen LogP contribution is 2.15. The van der Waals surface area contributed by atoms with Gasteiger partial charge in [-0.25, -0.2) is 13.8 Å². The maximum Gasteiger partial charge on any atom is 0.261 e. The van der Waals surface area contributed by atoms with Crippen molar-refractivity contribution in [3.8, 4) is 0 Å². The van der Waals surface area contributed by atoms with E-state index in [0.717, 1.165) is 0 Å². The third-order valence-electron chi connectivity index (χ3n) is 3.41. The monoisotopic (exact) mass is 302 g/mol. The van der Waals surface area contributed by atoms with E-state index in [4.69, 9.17) is 0 Å². The summed E-state index contributed by atoms with van der Waals surface area (Å²) in [6.45, 7) is -0.0230. The molecular formula is C16H12F2N2O2. The standard InChI is InChI=1S/C16H12F2N2O2/c17-11-3-1-10(2-4-11)15(21)8-20-9-19-14-7-12(18)5-6-13(14)16(20)22/h1-7,9,15,21H,8H2. The van der Waals surface area contributed by atoms with Crippen LogP contribution in [0.5, 0.6) is 0 Å². The van der Waals surface area contributed by atoms with Crippen molar-refractivity contribution in [2.75, 3.05) is 0 Å². The second-order valence-corrected chi connectivity index (χ2v) is 4.93. The van der Waals surface area contributed by atoms with E-state index in [1.807, 2.05) is 0 Å². The lowest BCUT2D eigenvalue weighted by atomic mass is 10.1. The fourth-order valence-electron chi connectivity index (χ4n) is 2.24. The molecule has 112 valence electrons. The Hall–Kier alpha value is -2.60. The Bertz CT molecular complexity index is 875. The summed E-state index contributed by atoms with van der Waals surface area (Å²) in [7, 11) is 0. The molecule has 22 heavy (non-hydrogen) atoms. The Morgan fingerprint density at radius 2 is 1.77 bits per heavy atom. The van der Waals surface area contributed by atoms with Crippen LogP contribution in [0.25, 0.3) is 10.9 Å². The van der Waals surface area contributed by atoms with Crippen molar-refractivity contribution in [1.29, 1.82) is 0 Å². The number of nitrogens with zero attached hydrogens (tertiary/aromatic N) is 2. The van der Waals surface area contributed by atoms with Crippen molar-refractivity contribution in [2.24, 2.45) is 0 Å². The van der Waals surface area contributed by atoms with Gasteiger partial charge in [-0.15, -0.1) is 0 Å². The van der Waals surface area contributed by atoms with E-state index < -0.39 is 17.7 Å². The second kappa shape index (κ2) is 5.65. The van der Waals surface area contributed by atoms with Gasteiger partial charge in [-0.3, -0.25) is 9.36 Å². The molecule has 0 radical (unpaired) electrons. The summed E-state index contributed by atoms with van der Waals surface area (Å²) in [5, 5.41) is 10.4. The number of benzene rings is 2. The highest BCUT2D eigenvalue weighted by Gasteiger charge is 2.11. The molecule has 0 amide bonds. The van der Waals surface area contributed by atoms with E-state index in [1.54, 1.807) is 0 Å². The lowest BCUT2D eigenvalue weighted by Crippen LogP contribution is -2.23. The average Bonchev–Trinajstić information content (AvgIpc) is 2.50. The van der Waals surface area contributed by atoms with E-state index in [-0.39, 0.29) is 23.0 Å². The Labute approximate surface area is 124 Å². The van der Waals surface area contributed by atoms with Gasteiger partial charge in [-0.05, 0) is 29.8 Å². The van der Waals surface area contributed by atoms with Gasteiger partial charge in [-0.1, -0.05) is 12.1 Å². The summed E-state index contributed by atoms with van der Waals surface area (Å²) >= 11 is 0. The minimum absolute atomic E-state index is 0.0230. The van der Waals surface area contributed by atoms with Crippen LogP contribution in [0.2, 0.25) is 0 Å². The zero-order valence-electron chi connectivity index (χ0n) is 11.4. The van der Waals surface area contributed by atoms with Crippen LogP contribution < -0.4 is 5.56 Å². The quantitative estimate of drug-likeness (QED) is 0.808. The Balaban J connectivity index is 1.93. The number of fused-ring (bicyclic) bond motifs is 1. The highest BCUT2D eigenvalue weighted by molar-refractivity contribution is 5.77. The van der Waals surface area contributed by atoms with Crippen molar-refractivity contribution in [3.63, 3.8) is 0 Å². The molecule has 4 nitrogen and oxygen atoms in total. The second-order valence-electron chi connectivity index (χ2n) is 4.93. The van der Waals surface area contributed by atoms with Crippen LogP contribution in [-0.4, -0.2) is 14.7 Å². The van der Waals surface area contributed by atoms with Crippen LogP contribution >= 0.6 is 0 Å². The molecule has 1 unspecified atom stereocenters. The fourth-order valence-corrected chi connectivity index (χ4v) is 2.24. The highest BCUT2D eigenvalue weighted by atomic mass is 19.1. The molecule has 1 atom stereocenters. The van der Waals surface area contributed by atoms with Crippen LogP contribution in [-0.2, 0) is 6.54 Å². The van der Waals surface area contributed by atoms with Gasteiger partial charge >= 0.3 is 0 Å². The topological polar surface area (TPSA) is 55.1 Å². The molecule has 3 aromatic rings. The summed E-state index contributed by atoms with van der Waals surface area (Å²) in [6, 6.07) is 9.11. The lowest BCUT2D eigenvalue weighted by molar-refractivity contribution is 0.155. The molecule has 0 saturated carbocycles. The summed E-state index contributed by atoms with van der Waals surface area (Å²) in [6.07, 6.45) is 0.287. The molecule has 1 heterocycles. The first kappa shape index (κ1) is 14.3. The van der Waals surface area contributed by atoms with Crippen molar-refractivity contribution < 1.29 is 13.9 Å². The zero-order chi connectivity index (χ0) is 15.7. The average molecular weight is 302 g/mol. The number of aliphatic hydroxyl groups excluding tert-OH is 1. The molecule has 0 fully saturated rings. The van der Waals surface area contributed by atoms with Crippen LogP contribution in [0.1, 0.15) is 11.7 Å². The van der Waals surface area contributed by atoms with Crippen LogP contribution in [0.3, 0.4) is 0 Å². The number of aromatic nitrogens is 2. The van der Waals surface area contributed by atoms with Crippen LogP contribution in [0.4, 0.5) is 8.78 Å². The molecule has 0 aliphatic rings. The first-order valence-corrected chi connectivity index (χ1v) is 6.63. The van der Waals surface area contributed by atoms with E-state index >= 15 is 0 Å². The number of hydrogen-bond acceptors (Lipinski definition) is 3. The normalized spacial score (nSPS) is 12.5. The predicted octanol–water partition coefficient (Wildman–Crippen LogP) is 2.41. The van der Waals surface area contributed by atoms with Gasteiger partial charge in [0, 0.05) is 6.07 Å². The maximum atomic E-state index is 13.1. The SMILES string of the molecule is O=c1c2ccc(F)cc2ncn1CC(O)c1ccc(F)cc1. The van der Waals surface area contributed by atoms with Crippen LogP contribution in [0.15, 0.2) is 53.6 Å². The van der Waals surface area contributed by atoms with E-state index in [9.17, 15) is 18.7 Å². The molecule has 3 rings (SSSR count). The van der Waals surface area contributed by atoms with Crippen molar-refractivity contribution in [3.05, 3.63) is 76.3 Å². The summed E-state index contributed by atoms with van der Waals surface area (Å²) in [4.78, 5) is 16.3. The molecule has 0 aliphatic carbocycles. The summed E-state index contributed by atoms with van der Waals surface area (Å²) in [5.74, 6) is -0.869. The Kier molecular flexibility index (Phi) is 3.68. The van der Waals surface area contributed by atoms with Crippen molar-refractivity contribution in [2.45, 2.75) is 12.6 Å². The van der Waals surface area contributed by atoms with Gasteiger partial charge in [-0.2, -0.15) is 0 Å². The third-order valence-corrected chi connectivity index (χ3v) is 3.41. The Morgan fingerprint density at radius 1 is 1.09 bits per heavy atom. The smallest absolute Gasteiger partial charge is 0.261 e. The molecule has 0 spiro atoms. The van der Waals surface area contributed by atoms with E-state index in [2.05, 4.69) is 4.98 Å². The maximum absolute atomic E-state index is 13.1. The van der Waals surface area contributed by atoms with Gasteiger partial charge < -0.3 is 5.11 Å². The van der Waals surface area contributed by atoms with Gasteiger partial charge in [0.1, 0.15) is 11.6 Å². The molecule has 0 bridgehead atoms. The number of rotatable bonds is 3. The largest absolute Gasteiger partial charge is 0.387 e. The fraction of sp³-hybridized carbons (Fsp3) is 0.125. The van der Waals surface area contributed by atoms with Gasteiger partial charge in [0.05, 0.1) is 29.9 Å².